The number of hydrogen-bond donors (Lipinski definition) is 0. The van der Waals surface area contributed by atoms with Crippen LogP contribution in [0.3, 0.4) is 0 Å². The highest BCUT2D eigenvalue weighted by Crippen LogP contribution is 2.50. The maximum Gasteiger partial charge on any atom is 0.165 e. The van der Waals surface area contributed by atoms with Gasteiger partial charge in [0.15, 0.2) is 5.82 Å². The van der Waals surface area contributed by atoms with Gasteiger partial charge in [0, 0.05) is 37.9 Å². The first-order chi connectivity index (χ1) is 27.8. The predicted molar refractivity (Wildman–Crippen MR) is 234 cm³/mol. The monoisotopic (exact) mass is 710 g/mol. The second-order valence-corrected chi connectivity index (χ2v) is 14.9. The molecule has 0 spiro atoms. The fourth-order valence-corrected chi connectivity index (χ4v) is 9.69. The Kier molecular flexibility index (Phi) is 5.86. The van der Waals surface area contributed by atoms with Crippen molar-refractivity contribution in [1.82, 2.24) is 18.9 Å². The molecule has 0 N–H and O–H groups in total. The van der Waals surface area contributed by atoms with Crippen molar-refractivity contribution in [3.05, 3.63) is 182 Å². The van der Waals surface area contributed by atoms with Crippen LogP contribution in [0.25, 0.3) is 121 Å². The minimum Gasteiger partial charge on any atom is -0.306 e. The number of hydrogen-bond acceptors (Lipinski definition) is 2. The summed E-state index contributed by atoms with van der Waals surface area (Å²) in [6.45, 7) is 0. The molecule has 0 unspecified atom stereocenters. The average molecular weight is 711 g/mol. The zero-order valence-electron chi connectivity index (χ0n) is 30.1. The van der Waals surface area contributed by atoms with Gasteiger partial charge >= 0.3 is 0 Å². The highest BCUT2D eigenvalue weighted by atomic mass is 15.1. The molecule has 0 atom stereocenters. The Balaban J connectivity index is 1.32. The number of aromatic nitrogens is 4. The molecular weight excluding hydrogens is 681 g/mol. The lowest BCUT2D eigenvalue weighted by Crippen LogP contribution is -2.04. The third-order valence-corrected chi connectivity index (χ3v) is 12.0. The minimum absolute atomic E-state index is 0.810. The highest BCUT2D eigenvalue weighted by Gasteiger charge is 2.28. The van der Waals surface area contributed by atoms with Crippen molar-refractivity contribution in [2.75, 3.05) is 0 Å². The lowest BCUT2D eigenvalue weighted by atomic mass is 9.96. The van der Waals surface area contributed by atoms with E-state index in [1.54, 1.807) is 0 Å². The summed E-state index contributed by atoms with van der Waals surface area (Å²) in [7, 11) is 0. The molecule has 56 heavy (non-hydrogen) atoms. The summed E-state index contributed by atoms with van der Waals surface area (Å²) in [5.41, 5.74) is 11.8. The van der Waals surface area contributed by atoms with E-state index in [-0.39, 0.29) is 0 Å². The third kappa shape index (κ3) is 3.87. The summed E-state index contributed by atoms with van der Waals surface area (Å²) >= 11 is 0. The van der Waals surface area contributed by atoms with Crippen molar-refractivity contribution in [1.29, 1.82) is 0 Å². The van der Waals surface area contributed by atoms with Gasteiger partial charge in [-0.2, -0.15) is 0 Å². The van der Waals surface area contributed by atoms with Crippen molar-refractivity contribution in [2.24, 2.45) is 0 Å². The van der Waals surface area contributed by atoms with E-state index in [0.29, 0.717) is 0 Å². The van der Waals surface area contributed by atoms with E-state index in [1.165, 1.54) is 76.0 Å². The molecule has 0 fully saturated rings. The Morgan fingerprint density at radius 2 is 0.964 bits per heavy atom. The maximum absolute atomic E-state index is 5.62. The molecule has 9 aromatic carbocycles. The van der Waals surface area contributed by atoms with E-state index in [4.69, 9.17) is 9.97 Å². The fraction of sp³-hybridized carbons (Fsp3) is 0. The van der Waals surface area contributed by atoms with Crippen LogP contribution in [0.4, 0.5) is 0 Å². The molecule has 4 aromatic heterocycles. The van der Waals surface area contributed by atoms with Gasteiger partial charge in [0.05, 0.1) is 38.6 Å². The lowest BCUT2D eigenvalue weighted by molar-refractivity contribution is 1.08. The second kappa shape index (κ2) is 11.0. The minimum atomic E-state index is 0.810. The van der Waals surface area contributed by atoms with Gasteiger partial charge < -0.3 is 4.40 Å². The number of fused-ring (bicyclic) bond motifs is 16. The van der Waals surface area contributed by atoms with Crippen LogP contribution >= 0.6 is 0 Å². The largest absolute Gasteiger partial charge is 0.306 e. The number of nitrogens with zero attached hydrogens (tertiary/aromatic N) is 4. The van der Waals surface area contributed by atoms with Crippen molar-refractivity contribution in [3.63, 3.8) is 0 Å². The van der Waals surface area contributed by atoms with Crippen molar-refractivity contribution in [2.45, 2.75) is 0 Å². The van der Waals surface area contributed by atoms with E-state index in [0.717, 1.165) is 44.7 Å². The molecule has 13 aromatic rings. The van der Waals surface area contributed by atoms with Gasteiger partial charge in [-0.15, -0.1) is 0 Å². The molecule has 0 saturated carbocycles. The van der Waals surface area contributed by atoms with Crippen LogP contribution in [-0.4, -0.2) is 18.9 Å². The van der Waals surface area contributed by atoms with E-state index in [9.17, 15) is 0 Å². The van der Waals surface area contributed by atoms with Gasteiger partial charge in [-0.3, -0.25) is 4.57 Å². The molecule has 0 aliphatic heterocycles. The Hall–Kier alpha value is -7.56. The lowest BCUT2D eigenvalue weighted by Gasteiger charge is -2.15. The SMILES string of the molecule is c1ccc(-c2cccc(-c3nc4ccccc4nc3-n3c4ccc5ccccc5c4c4c5ccccc5c5c6cccc7c8ccccc8n(c76)c5c43)c2)cc1. The molecule has 4 heteroatoms. The molecule has 258 valence electrons. The van der Waals surface area contributed by atoms with Gasteiger partial charge in [-0.05, 0) is 63.0 Å². The van der Waals surface area contributed by atoms with Crippen molar-refractivity contribution < 1.29 is 0 Å². The molecule has 0 saturated heterocycles. The summed E-state index contributed by atoms with van der Waals surface area (Å²) in [6.07, 6.45) is 0. The van der Waals surface area contributed by atoms with Gasteiger partial charge in [0.25, 0.3) is 0 Å². The predicted octanol–water partition coefficient (Wildman–Crippen LogP) is 13.5. The van der Waals surface area contributed by atoms with Crippen LogP contribution in [0, 0.1) is 0 Å². The number of rotatable bonds is 3. The highest BCUT2D eigenvalue weighted by molar-refractivity contribution is 6.40. The molecule has 4 heterocycles. The van der Waals surface area contributed by atoms with Gasteiger partial charge in [0.2, 0.25) is 0 Å². The van der Waals surface area contributed by atoms with Crippen molar-refractivity contribution in [3.8, 4) is 28.2 Å². The van der Waals surface area contributed by atoms with E-state index in [1.807, 2.05) is 6.07 Å². The van der Waals surface area contributed by atoms with Crippen LogP contribution < -0.4 is 0 Å². The Labute approximate surface area is 320 Å². The Bertz CT molecular complexity index is 3750. The zero-order chi connectivity index (χ0) is 36.5. The van der Waals surface area contributed by atoms with Crippen LogP contribution in [0.5, 0.6) is 0 Å². The first-order valence-corrected chi connectivity index (χ1v) is 19.2. The molecule has 0 amide bonds. The normalized spacial score (nSPS) is 12.3. The van der Waals surface area contributed by atoms with E-state index >= 15 is 0 Å². The molecule has 0 aliphatic rings. The van der Waals surface area contributed by atoms with E-state index < -0.39 is 0 Å². The first kappa shape index (κ1) is 29.8. The summed E-state index contributed by atoms with van der Waals surface area (Å²) in [5.74, 6) is 0.810. The average Bonchev–Trinajstić information content (AvgIpc) is 3.92. The molecule has 0 bridgehead atoms. The topological polar surface area (TPSA) is 35.1 Å². The van der Waals surface area contributed by atoms with Crippen LogP contribution in [0.15, 0.2) is 182 Å². The van der Waals surface area contributed by atoms with E-state index in [2.05, 4.69) is 185 Å². The number of benzene rings is 9. The first-order valence-electron chi connectivity index (χ1n) is 19.2. The van der Waals surface area contributed by atoms with Crippen LogP contribution in [0.1, 0.15) is 0 Å². The number of para-hydroxylation sites is 4. The molecule has 4 nitrogen and oxygen atoms in total. The maximum atomic E-state index is 5.62. The summed E-state index contributed by atoms with van der Waals surface area (Å²) in [5, 5.41) is 12.4. The Morgan fingerprint density at radius 1 is 0.339 bits per heavy atom. The summed E-state index contributed by atoms with van der Waals surface area (Å²) < 4.78 is 4.98. The van der Waals surface area contributed by atoms with Gasteiger partial charge in [0.1, 0.15) is 5.69 Å². The molecular formula is C52H30N4. The summed E-state index contributed by atoms with van der Waals surface area (Å²) in [6, 6.07) is 65.6. The third-order valence-electron chi connectivity index (χ3n) is 12.0. The molecule has 0 aliphatic carbocycles. The smallest absolute Gasteiger partial charge is 0.165 e. The quantitative estimate of drug-likeness (QED) is 0.183. The van der Waals surface area contributed by atoms with Gasteiger partial charge in [-0.25, -0.2) is 9.97 Å². The van der Waals surface area contributed by atoms with Crippen LogP contribution in [-0.2, 0) is 0 Å². The standard InChI is InChI=1S/C52H30N4/c1-2-14-31(15-3-1)33-17-12-18-34(30-33)48-52(54-42-26-10-9-25-41(42)53-48)56-44-29-28-32-16-4-5-19-35(32)46(44)47-38-22-7-6-21-37(38)45-40-24-13-23-39-36-20-8-11-27-43(36)55(49(39)40)50(45)51(47)56/h1-30H. The fourth-order valence-electron chi connectivity index (χ4n) is 9.69. The molecule has 13 rings (SSSR count). The van der Waals surface area contributed by atoms with Crippen LogP contribution in [0.2, 0.25) is 0 Å². The molecule has 0 radical (unpaired) electrons. The van der Waals surface area contributed by atoms with Crippen molar-refractivity contribution >= 4 is 92.5 Å². The Morgan fingerprint density at radius 3 is 1.82 bits per heavy atom. The summed E-state index contributed by atoms with van der Waals surface area (Å²) in [4.78, 5) is 11.1. The second-order valence-electron chi connectivity index (χ2n) is 14.9. The van der Waals surface area contributed by atoms with Gasteiger partial charge in [-0.1, -0.05) is 152 Å². The zero-order valence-corrected chi connectivity index (χ0v) is 30.1.